The molecule has 0 amide bonds. The van der Waals surface area contributed by atoms with Crippen LogP contribution in [0.2, 0.25) is 5.02 Å². The lowest BCUT2D eigenvalue weighted by Crippen LogP contribution is -2.25. The number of nitro benzene ring substituents is 1. The van der Waals surface area contributed by atoms with Gasteiger partial charge in [0.15, 0.2) is 6.10 Å². The Hall–Kier alpha value is -3.19. The van der Waals surface area contributed by atoms with E-state index in [-0.39, 0.29) is 10.6 Å². The van der Waals surface area contributed by atoms with Gasteiger partial charge in [0.05, 0.1) is 4.92 Å². The number of ether oxygens (including phenoxy) is 1. The molecule has 0 aliphatic heterocycles. The number of Topliss-reactive ketones (excluding diaryl/α,β-unsaturated/α-hetero) is 1. The lowest BCUT2D eigenvalue weighted by atomic mass is 10.0. The van der Waals surface area contributed by atoms with Crippen molar-refractivity contribution in [1.82, 2.24) is 4.98 Å². The number of benzene rings is 2. The largest absolute Gasteiger partial charge is 0.450 e. The standard InChI is InChI=1S/C19H15ClN2O5/c1-10-17(13-5-3-4-6-15(13)21-10)18(23)11(2)27-19(24)14-9-12(20)7-8-16(14)22(25)26/h3-9,11,21H,1-2H3/t11-/m0/s1. The summed E-state index contributed by atoms with van der Waals surface area (Å²) >= 11 is 5.83. The van der Waals surface area contributed by atoms with Gasteiger partial charge in [-0.3, -0.25) is 14.9 Å². The van der Waals surface area contributed by atoms with Crippen LogP contribution < -0.4 is 0 Å². The fourth-order valence-corrected chi connectivity index (χ4v) is 3.08. The topological polar surface area (TPSA) is 102 Å². The Bertz CT molecular complexity index is 1070. The molecule has 1 N–H and O–H groups in total. The van der Waals surface area contributed by atoms with Crippen LogP contribution in [0.15, 0.2) is 42.5 Å². The minimum atomic E-state index is -1.13. The molecule has 0 saturated carbocycles. The number of nitrogens with one attached hydrogen (secondary N) is 1. The van der Waals surface area contributed by atoms with Gasteiger partial charge in [0.1, 0.15) is 5.56 Å². The number of H-pyrrole nitrogens is 1. The highest BCUT2D eigenvalue weighted by Crippen LogP contribution is 2.26. The third-order valence-electron chi connectivity index (χ3n) is 4.17. The van der Waals surface area contributed by atoms with E-state index in [0.29, 0.717) is 11.3 Å². The van der Waals surface area contributed by atoms with Crippen LogP contribution in [0.1, 0.15) is 33.3 Å². The molecular weight excluding hydrogens is 372 g/mol. The maximum atomic E-state index is 12.8. The van der Waals surface area contributed by atoms with Gasteiger partial charge in [-0.1, -0.05) is 29.8 Å². The van der Waals surface area contributed by atoms with Crippen molar-refractivity contribution in [3.63, 3.8) is 0 Å². The van der Waals surface area contributed by atoms with Crippen molar-refractivity contribution in [2.75, 3.05) is 0 Å². The quantitative estimate of drug-likeness (QED) is 0.301. The van der Waals surface area contributed by atoms with E-state index in [0.717, 1.165) is 23.0 Å². The minimum absolute atomic E-state index is 0.152. The minimum Gasteiger partial charge on any atom is -0.450 e. The first-order valence-corrected chi connectivity index (χ1v) is 8.44. The van der Waals surface area contributed by atoms with Crippen molar-refractivity contribution in [1.29, 1.82) is 0 Å². The molecule has 3 aromatic rings. The zero-order chi connectivity index (χ0) is 19.7. The van der Waals surface area contributed by atoms with Gasteiger partial charge < -0.3 is 9.72 Å². The summed E-state index contributed by atoms with van der Waals surface area (Å²) in [4.78, 5) is 38.8. The molecule has 0 unspecified atom stereocenters. The summed E-state index contributed by atoms with van der Waals surface area (Å²) in [5, 5.41) is 12.0. The molecule has 1 aromatic heterocycles. The molecular formula is C19H15ClN2O5. The molecule has 0 bridgehead atoms. The molecule has 1 atom stereocenters. The summed E-state index contributed by atoms with van der Waals surface area (Å²) in [6.45, 7) is 3.18. The maximum Gasteiger partial charge on any atom is 0.345 e. The summed E-state index contributed by atoms with van der Waals surface area (Å²) in [6, 6.07) is 10.9. The number of rotatable bonds is 5. The zero-order valence-corrected chi connectivity index (χ0v) is 15.2. The Labute approximate surface area is 159 Å². The van der Waals surface area contributed by atoms with E-state index in [1.165, 1.54) is 13.0 Å². The van der Waals surface area contributed by atoms with Gasteiger partial charge in [-0.25, -0.2) is 4.79 Å². The molecule has 2 aromatic carbocycles. The number of hydrogen-bond acceptors (Lipinski definition) is 5. The van der Waals surface area contributed by atoms with Crippen molar-refractivity contribution in [3.05, 3.63) is 74.4 Å². The molecule has 3 rings (SSSR count). The second-order valence-electron chi connectivity index (χ2n) is 6.00. The van der Waals surface area contributed by atoms with E-state index < -0.39 is 28.5 Å². The molecule has 0 saturated heterocycles. The number of nitrogens with zero attached hydrogens (tertiary/aromatic N) is 1. The summed E-state index contributed by atoms with van der Waals surface area (Å²) in [6.07, 6.45) is -1.13. The Balaban J connectivity index is 1.89. The van der Waals surface area contributed by atoms with E-state index in [4.69, 9.17) is 16.3 Å². The number of aryl methyl sites for hydroxylation is 1. The van der Waals surface area contributed by atoms with Crippen molar-refractivity contribution < 1.29 is 19.2 Å². The van der Waals surface area contributed by atoms with Crippen molar-refractivity contribution in [3.8, 4) is 0 Å². The number of fused-ring (bicyclic) bond motifs is 1. The fourth-order valence-electron chi connectivity index (χ4n) is 2.91. The number of carbonyl (C=O) groups is 2. The summed E-state index contributed by atoms with van der Waals surface area (Å²) < 4.78 is 5.21. The van der Waals surface area contributed by atoms with Crippen molar-refractivity contribution >= 4 is 39.9 Å². The number of hydrogen-bond donors (Lipinski definition) is 1. The molecule has 0 fully saturated rings. The first kappa shape index (κ1) is 18.6. The number of carbonyl (C=O) groups excluding carboxylic acids is 2. The van der Waals surface area contributed by atoms with Gasteiger partial charge in [0.25, 0.3) is 5.69 Å². The number of aromatic amines is 1. The van der Waals surface area contributed by atoms with E-state index in [9.17, 15) is 19.7 Å². The molecule has 0 radical (unpaired) electrons. The molecule has 8 heteroatoms. The average Bonchev–Trinajstić information content (AvgIpc) is 2.96. The van der Waals surface area contributed by atoms with Crippen LogP contribution >= 0.6 is 11.6 Å². The molecule has 138 valence electrons. The van der Waals surface area contributed by atoms with Crippen LogP contribution in [-0.2, 0) is 4.74 Å². The third-order valence-corrected chi connectivity index (χ3v) is 4.40. The van der Waals surface area contributed by atoms with Gasteiger partial charge in [-0.05, 0) is 32.0 Å². The van der Waals surface area contributed by atoms with Gasteiger partial charge in [-0.15, -0.1) is 0 Å². The molecule has 0 spiro atoms. The van der Waals surface area contributed by atoms with E-state index in [2.05, 4.69) is 4.98 Å². The van der Waals surface area contributed by atoms with E-state index in [1.54, 1.807) is 19.1 Å². The lowest BCUT2D eigenvalue weighted by molar-refractivity contribution is -0.385. The van der Waals surface area contributed by atoms with Gasteiger partial charge >= 0.3 is 5.97 Å². The predicted octanol–water partition coefficient (Wildman–Crippen LogP) is 4.47. The smallest absolute Gasteiger partial charge is 0.345 e. The number of halogens is 1. The monoisotopic (exact) mass is 386 g/mol. The SMILES string of the molecule is Cc1[nH]c2ccccc2c1C(=O)[C@H](C)OC(=O)c1cc(Cl)ccc1[N+](=O)[O-]. The van der Waals surface area contributed by atoms with E-state index in [1.807, 2.05) is 12.1 Å². The van der Waals surface area contributed by atoms with Crippen LogP contribution in [0.3, 0.4) is 0 Å². The summed E-state index contributed by atoms with van der Waals surface area (Å²) in [5.74, 6) is -1.38. The Morgan fingerprint density at radius 3 is 2.63 bits per heavy atom. The Kier molecular flexibility index (Phi) is 4.96. The molecule has 27 heavy (non-hydrogen) atoms. The number of nitro groups is 1. The summed E-state index contributed by atoms with van der Waals surface area (Å²) in [5.41, 5.74) is 1.13. The van der Waals surface area contributed by atoms with Crippen molar-refractivity contribution in [2.45, 2.75) is 20.0 Å². The number of aromatic nitrogens is 1. The first-order chi connectivity index (χ1) is 12.8. The highest BCUT2D eigenvalue weighted by molar-refractivity contribution is 6.31. The molecule has 7 nitrogen and oxygen atoms in total. The third kappa shape index (κ3) is 3.54. The molecule has 0 aliphatic rings. The van der Waals surface area contributed by atoms with Crippen LogP contribution in [0.4, 0.5) is 5.69 Å². The highest BCUT2D eigenvalue weighted by atomic mass is 35.5. The normalized spacial score (nSPS) is 12.0. The Morgan fingerprint density at radius 2 is 1.93 bits per heavy atom. The summed E-state index contributed by atoms with van der Waals surface area (Å²) in [7, 11) is 0. The predicted molar refractivity (Wildman–Crippen MR) is 100 cm³/mol. The van der Waals surface area contributed by atoms with Gasteiger partial charge in [0.2, 0.25) is 5.78 Å². The second kappa shape index (κ2) is 7.20. The molecule has 0 aliphatic carbocycles. The number of ketones is 1. The second-order valence-corrected chi connectivity index (χ2v) is 6.44. The first-order valence-electron chi connectivity index (χ1n) is 8.06. The van der Waals surface area contributed by atoms with Crippen LogP contribution in [-0.4, -0.2) is 27.8 Å². The van der Waals surface area contributed by atoms with Crippen LogP contribution in [0.5, 0.6) is 0 Å². The Morgan fingerprint density at radius 1 is 1.22 bits per heavy atom. The fraction of sp³-hybridized carbons (Fsp3) is 0.158. The van der Waals surface area contributed by atoms with E-state index >= 15 is 0 Å². The maximum absolute atomic E-state index is 12.8. The van der Waals surface area contributed by atoms with Gasteiger partial charge in [-0.2, -0.15) is 0 Å². The highest BCUT2D eigenvalue weighted by Gasteiger charge is 2.28. The molecule has 1 heterocycles. The van der Waals surface area contributed by atoms with Gasteiger partial charge in [0, 0.05) is 33.2 Å². The van der Waals surface area contributed by atoms with Crippen LogP contribution in [0, 0.1) is 17.0 Å². The number of esters is 1. The lowest BCUT2D eigenvalue weighted by Gasteiger charge is -2.13. The van der Waals surface area contributed by atoms with Crippen LogP contribution in [0.25, 0.3) is 10.9 Å². The number of para-hydroxylation sites is 1. The van der Waals surface area contributed by atoms with Crippen molar-refractivity contribution in [2.24, 2.45) is 0 Å². The average molecular weight is 387 g/mol. The zero-order valence-electron chi connectivity index (χ0n) is 14.5.